The molecule has 1 heterocycles. The molecule has 0 fully saturated rings. The van der Waals surface area contributed by atoms with Crippen LogP contribution in [-0.4, -0.2) is 16.5 Å². The molecule has 0 saturated heterocycles. The van der Waals surface area contributed by atoms with Gasteiger partial charge >= 0.3 is 0 Å². The van der Waals surface area contributed by atoms with Gasteiger partial charge in [-0.2, -0.15) is 0 Å². The van der Waals surface area contributed by atoms with Crippen molar-refractivity contribution in [3.05, 3.63) is 29.3 Å². The Balaban J connectivity index is 2.24. The van der Waals surface area contributed by atoms with Crippen LogP contribution in [0.1, 0.15) is 37.8 Å². The lowest BCUT2D eigenvalue weighted by atomic mass is 9.96. The molecule has 2 rings (SSSR count). The standard InChI is InChI=1S/C13H18OS/c1-9-8-15-12-6-10(4-5-11(9)12)7-13(2,3)14/h4-6,9,14H,7-8H2,1-3H3. The zero-order chi connectivity index (χ0) is 11.1. The lowest BCUT2D eigenvalue weighted by Crippen LogP contribution is -2.21. The van der Waals surface area contributed by atoms with E-state index in [4.69, 9.17) is 0 Å². The molecule has 1 N–H and O–H groups in total. The van der Waals surface area contributed by atoms with Crippen LogP contribution in [0.2, 0.25) is 0 Å². The van der Waals surface area contributed by atoms with Crippen LogP contribution in [0.3, 0.4) is 0 Å². The molecule has 1 atom stereocenters. The van der Waals surface area contributed by atoms with Crippen molar-refractivity contribution in [3.8, 4) is 0 Å². The first kappa shape index (κ1) is 11.0. The van der Waals surface area contributed by atoms with Crippen LogP contribution in [-0.2, 0) is 6.42 Å². The maximum Gasteiger partial charge on any atom is 0.0631 e. The summed E-state index contributed by atoms with van der Waals surface area (Å²) in [4.78, 5) is 1.41. The molecule has 0 spiro atoms. The first-order valence-electron chi connectivity index (χ1n) is 5.44. The van der Waals surface area contributed by atoms with Crippen LogP contribution < -0.4 is 0 Å². The normalized spacial score (nSPS) is 20.4. The summed E-state index contributed by atoms with van der Waals surface area (Å²) in [6.07, 6.45) is 0.731. The van der Waals surface area contributed by atoms with Crippen molar-refractivity contribution in [1.82, 2.24) is 0 Å². The summed E-state index contributed by atoms with van der Waals surface area (Å²) in [6, 6.07) is 6.61. The highest BCUT2D eigenvalue weighted by Crippen LogP contribution is 2.39. The number of fused-ring (bicyclic) bond motifs is 1. The SMILES string of the molecule is CC1CSc2cc(CC(C)(C)O)ccc21. The largest absolute Gasteiger partial charge is 0.390 e. The zero-order valence-corrected chi connectivity index (χ0v) is 10.4. The molecule has 1 aromatic rings. The molecule has 1 aliphatic rings. The fraction of sp³-hybridized carbons (Fsp3) is 0.538. The topological polar surface area (TPSA) is 20.2 Å². The number of benzene rings is 1. The van der Waals surface area contributed by atoms with Crippen LogP contribution in [0.25, 0.3) is 0 Å². The number of thioether (sulfide) groups is 1. The van der Waals surface area contributed by atoms with E-state index < -0.39 is 5.60 Å². The number of aliphatic hydroxyl groups is 1. The van der Waals surface area contributed by atoms with Crippen LogP contribution in [0, 0.1) is 0 Å². The van der Waals surface area contributed by atoms with Gasteiger partial charge in [-0.15, -0.1) is 11.8 Å². The Morgan fingerprint density at radius 3 is 2.87 bits per heavy atom. The van der Waals surface area contributed by atoms with E-state index in [-0.39, 0.29) is 0 Å². The van der Waals surface area contributed by atoms with E-state index in [0.717, 1.165) is 6.42 Å². The van der Waals surface area contributed by atoms with Crippen molar-refractivity contribution in [2.75, 3.05) is 5.75 Å². The Labute approximate surface area is 95.9 Å². The Morgan fingerprint density at radius 2 is 2.20 bits per heavy atom. The Morgan fingerprint density at radius 1 is 1.47 bits per heavy atom. The molecule has 0 amide bonds. The smallest absolute Gasteiger partial charge is 0.0631 e. The van der Waals surface area contributed by atoms with Gasteiger partial charge in [0.05, 0.1) is 5.60 Å². The van der Waals surface area contributed by atoms with Crippen LogP contribution in [0.4, 0.5) is 0 Å². The molecule has 1 nitrogen and oxygen atoms in total. The van der Waals surface area contributed by atoms with Gasteiger partial charge in [0.15, 0.2) is 0 Å². The van der Waals surface area contributed by atoms with Crippen molar-refractivity contribution in [2.45, 2.75) is 43.6 Å². The van der Waals surface area contributed by atoms with Crippen molar-refractivity contribution >= 4 is 11.8 Å². The van der Waals surface area contributed by atoms with E-state index in [1.54, 1.807) is 0 Å². The number of hydrogen-bond donors (Lipinski definition) is 1. The molecule has 1 unspecified atom stereocenters. The minimum absolute atomic E-state index is 0.608. The highest BCUT2D eigenvalue weighted by Gasteiger charge is 2.20. The third-order valence-corrected chi connectivity index (χ3v) is 4.07. The molecule has 82 valence electrons. The molecule has 0 radical (unpaired) electrons. The van der Waals surface area contributed by atoms with E-state index >= 15 is 0 Å². The van der Waals surface area contributed by atoms with Crippen molar-refractivity contribution < 1.29 is 5.11 Å². The summed E-state index contributed by atoms with van der Waals surface area (Å²) in [6.45, 7) is 5.99. The first-order valence-corrected chi connectivity index (χ1v) is 6.42. The van der Waals surface area contributed by atoms with Crippen LogP contribution in [0.5, 0.6) is 0 Å². The van der Waals surface area contributed by atoms with Gasteiger partial charge in [-0.25, -0.2) is 0 Å². The van der Waals surface area contributed by atoms with E-state index in [9.17, 15) is 5.11 Å². The van der Waals surface area contributed by atoms with Gasteiger partial charge in [0.2, 0.25) is 0 Å². The number of hydrogen-bond acceptors (Lipinski definition) is 2. The van der Waals surface area contributed by atoms with Crippen molar-refractivity contribution in [2.24, 2.45) is 0 Å². The monoisotopic (exact) mass is 222 g/mol. The molecular formula is C13H18OS. The maximum atomic E-state index is 9.76. The quantitative estimate of drug-likeness (QED) is 0.829. The Hall–Kier alpha value is -0.470. The average molecular weight is 222 g/mol. The van der Waals surface area contributed by atoms with E-state index in [2.05, 4.69) is 25.1 Å². The fourth-order valence-electron chi connectivity index (χ4n) is 2.02. The van der Waals surface area contributed by atoms with Crippen LogP contribution in [0.15, 0.2) is 23.1 Å². The van der Waals surface area contributed by atoms with Gasteiger partial charge in [-0.3, -0.25) is 0 Å². The summed E-state index contributed by atoms with van der Waals surface area (Å²) < 4.78 is 0. The zero-order valence-electron chi connectivity index (χ0n) is 9.58. The van der Waals surface area contributed by atoms with Gasteiger partial charge in [0, 0.05) is 17.1 Å². The Kier molecular flexibility index (Phi) is 2.82. The average Bonchev–Trinajstić information content (AvgIpc) is 2.45. The summed E-state index contributed by atoms with van der Waals surface area (Å²) in [7, 11) is 0. The molecule has 2 heteroatoms. The van der Waals surface area contributed by atoms with Crippen LogP contribution >= 0.6 is 11.8 Å². The predicted molar refractivity (Wildman–Crippen MR) is 65.6 cm³/mol. The highest BCUT2D eigenvalue weighted by atomic mass is 32.2. The third-order valence-electron chi connectivity index (χ3n) is 2.73. The van der Waals surface area contributed by atoms with Gasteiger partial charge in [-0.05, 0) is 37.0 Å². The van der Waals surface area contributed by atoms with Crippen molar-refractivity contribution in [3.63, 3.8) is 0 Å². The highest BCUT2D eigenvalue weighted by molar-refractivity contribution is 7.99. The fourth-order valence-corrected chi connectivity index (χ4v) is 3.30. The lowest BCUT2D eigenvalue weighted by molar-refractivity contribution is 0.0809. The minimum Gasteiger partial charge on any atom is -0.390 e. The molecule has 0 saturated carbocycles. The molecule has 0 bridgehead atoms. The van der Waals surface area contributed by atoms with Gasteiger partial charge in [0.25, 0.3) is 0 Å². The van der Waals surface area contributed by atoms with Gasteiger partial charge in [-0.1, -0.05) is 19.1 Å². The molecule has 1 aromatic carbocycles. The maximum absolute atomic E-state index is 9.76. The molecular weight excluding hydrogens is 204 g/mol. The van der Waals surface area contributed by atoms with E-state index in [1.165, 1.54) is 21.8 Å². The third kappa shape index (κ3) is 2.56. The second-order valence-corrected chi connectivity index (χ2v) is 6.14. The van der Waals surface area contributed by atoms with Gasteiger partial charge < -0.3 is 5.11 Å². The molecule has 0 aromatic heterocycles. The second kappa shape index (κ2) is 3.84. The summed E-state index contributed by atoms with van der Waals surface area (Å²) in [5.74, 6) is 1.88. The van der Waals surface area contributed by atoms with E-state index in [0.29, 0.717) is 5.92 Å². The van der Waals surface area contributed by atoms with Gasteiger partial charge in [0.1, 0.15) is 0 Å². The summed E-state index contributed by atoms with van der Waals surface area (Å²) >= 11 is 1.93. The van der Waals surface area contributed by atoms with E-state index in [1.807, 2.05) is 25.6 Å². The first-order chi connectivity index (χ1) is 6.96. The molecule has 0 aliphatic carbocycles. The minimum atomic E-state index is -0.608. The summed E-state index contributed by atoms with van der Waals surface area (Å²) in [5, 5.41) is 9.76. The predicted octanol–water partition coefficient (Wildman–Crippen LogP) is 3.21. The summed E-state index contributed by atoms with van der Waals surface area (Å²) in [5.41, 5.74) is 2.10. The van der Waals surface area contributed by atoms with Crippen molar-refractivity contribution in [1.29, 1.82) is 0 Å². The molecule has 15 heavy (non-hydrogen) atoms. The second-order valence-electron chi connectivity index (χ2n) is 5.07. The lowest BCUT2D eigenvalue weighted by Gasteiger charge is -2.17. The number of rotatable bonds is 2. The Bertz CT molecular complexity index is 365. The molecule has 1 aliphatic heterocycles.